The molecule has 0 fully saturated rings. The number of nitrogens with two attached hydrogens (primary N) is 1. The predicted octanol–water partition coefficient (Wildman–Crippen LogP) is 2.33. The lowest BCUT2D eigenvalue weighted by Gasteiger charge is -2.02. The van der Waals surface area contributed by atoms with Crippen LogP contribution in [0.2, 0.25) is 0 Å². The lowest BCUT2D eigenvalue weighted by Crippen LogP contribution is -2.07. The molecule has 1 heterocycles. The molecular formula is C9H16N2S. The first-order valence-electron chi connectivity index (χ1n) is 4.30. The fraction of sp³-hybridized carbons (Fsp3) is 0.667. The zero-order valence-electron chi connectivity index (χ0n) is 7.87. The van der Waals surface area contributed by atoms with Crippen LogP contribution in [0, 0.1) is 0 Å². The molecule has 0 aliphatic rings. The minimum atomic E-state index is 0.454. The van der Waals surface area contributed by atoms with Gasteiger partial charge in [0.2, 0.25) is 0 Å². The molecular weight excluding hydrogens is 168 g/mol. The second kappa shape index (κ2) is 4.01. The molecule has 12 heavy (non-hydrogen) atoms. The molecule has 1 atom stereocenters. The van der Waals surface area contributed by atoms with Crippen molar-refractivity contribution in [3.05, 3.63) is 16.1 Å². The molecule has 3 heteroatoms. The monoisotopic (exact) mass is 184 g/mol. The van der Waals surface area contributed by atoms with Gasteiger partial charge in [0.05, 0.1) is 5.01 Å². The normalized spacial score (nSPS) is 13.8. The Labute approximate surface area is 77.8 Å². The highest BCUT2D eigenvalue weighted by Gasteiger charge is 2.09. The summed E-state index contributed by atoms with van der Waals surface area (Å²) in [6.45, 7) is 7.17. The topological polar surface area (TPSA) is 38.9 Å². The van der Waals surface area contributed by atoms with Gasteiger partial charge < -0.3 is 5.73 Å². The quantitative estimate of drug-likeness (QED) is 0.783. The van der Waals surface area contributed by atoms with E-state index in [1.54, 1.807) is 11.3 Å². The SMILES string of the molecule is CC(C)c1ncc(C(C)CN)s1. The second-order valence-electron chi connectivity index (χ2n) is 3.39. The summed E-state index contributed by atoms with van der Waals surface area (Å²) < 4.78 is 0. The predicted molar refractivity (Wildman–Crippen MR) is 53.7 cm³/mol. The Balaban J connectivity index is 2.77. The van der Waals surface area contributed by atoms with E-state index in [9.17, 15) is 0 Å². The van der Waals surface area contributed by atoms with Crippen LogP contribution in [-0.4, -0.2) is 11.5 Å². The Kier molecular flexibility index (Phi) is 3.23. The molecule has 0 amide bonds. The highest BCUT2D eigenvalue weighted by atomic mass is 32.1. The fourth-order valence-electron chi connectivity index (χ4n) is 0.912. The van der Waals surface area contributed by atoms with Gasteiger partial charge in [-0.2, -0.15) is 0 Å². The van der Waals surface area contributed by atoms with Gasteiger partial charge in [0.1, 0.15) is 0 Å². The molecule has 2 nitrogen and oxygen atoms in total. The van der Waals surface area contributed by atoms with Crippen molar-refractivity contribution in [3.8, 4) is 0 Å². The van der Waals surface area contributed by atoms with E-state index >= 15 is 0 Å². The zero-order chi connectivity index (χ0) is 9.14. The maximum Gasteiger partial charge on any atom is 0.0953 e. The van der Waals surface area contributed by atoms with Crippen molar-refractivity contribution in [1.29, 1.82) is 0 Å². The van der Waals surface area contributed by atoms with E-state index in [0.29, 0.717) is 18.4 Å². The molecule has 1 unspecified atom stereocenters. The summed E-state index contributed by atoms with van der Waals surface area (Å²) >= 11 is 1.78. The van der Waals surface area contributed by atoms with Crippen molar-refractivity contribution in [3.63, 3.8) is 0 Å². The first-order chi connectivity index (χ1) is 5.65. The molecule has 0 saturated carbocycles. The van der Waals surface area contributed by atoms with Crippen molar-refractivity contribution >= 4 is 11.3 Å². The van der Waals surface area contributed by atoms with Crippen LogP contribution in [0.25, 0.3) is 0 Å². The van der Waals surface area contributed by atoms with Gasteiger partial charge in [0, 0.05) is 22.9 Å². The van der Waals surface area contributed by atoms with Gasteiger partial charge in [-0.05, 0) is 6.54 Å². The maximum atomic E-state index is 5.57. The number of thiazole rings is 1. The van der Waals surface area contributed by atoms with Gasteiger partial charge in [-0.15, -0.1) is 11.3 Å². The van der Waals surface area contributed by atoms with Gasteiger partial charge in [0.15, 0.2) is 0 Å². The van der Waals surface area contributed by atoms with Gasteiger partial charge in [-0.1, -0.05) is 20.8 Å². The first-order valence-corrected chi connectivity index (χ1v) is 5.12. The van der Waals surface area contributed by atoms with E-state index in [4.69, 9.17) is 5.73 Å². The Morgan fingerprint density at radius 3 is 2.58 bits per heavy atom. The molecule has 0 aromatic carbocycles. The van der Waals surface area contributed by atoms with Crippen molar-refractivity contribution in [2.75, 3.05) is 6.54 Å². The second-order valence-corrected chi connectivity index (χ2v) is 4.49. The molecule has 68 valence electrons. The average Bonchev–Trinajstić information content (AvgIpc) is 2.51. The molecule has 1 aromatic heterocycles. The smallest absolute Gasteiger partial charge is 0.0953 e. The van der Waals surface area contributed by atoms with Crippen LogP contribution >= 0.6 is 11.3 Å². The molecule has 0 bridgehead atoms. The maximum absolute atomic E-state index is 5.57. The molecule has 0 radical (unpaired) electrons. The molecule has 1 rings (SSSR count). The lowest BCUT2D eigenvalue weighted by molar-refractivity contribution is 0.787. The number of hydrogen-bond donors (Lipinski definition) is 1. The van der Waals surface area contributed by atoms with Gasteiger partial charge in [-0.25, -0.2) is 4.98 Å². The van der Waals surface area contributed by atoms with Gasteiger partial charge >= 0.3 is 0 Å². The third kappa shape index (κ3) is 2.05. The van der Waals surface area contributed by atoms with Crippen LogP contribution in [0.1, 0.15) is 42.5 Å². The number of rotatable bonds is 3. The van der Waals surface area contributed by atoms with Crippen LogP contribution in [-0.2, 0) is 0 Å². The van der Waals surface area contributed by atoms with Crippen LogP contribution in [0.4, 0.5) is 0 Å². The van der Waals surface area contributed by atoms with Crippen molar-refractivity contribution in [1.82, 2.24) is 4.98 Å². The fourth-order valence-corrected chi connectivity index (χ4v) is 1.90. The largest absolute Gasteiger partial charge is 0.330 e. The van der Waals surface area contributed by atoms with Gasteiger partial charge in [-0.3, -0.25) is 0 Å². The van der Waals surface area contributed by atoms with E-state index in [1.165, 1.54) is 9.88 Å². The number of hydrogen-bond acceptors (Lipinski definition) is 3. The van der Waals surface area contributed by atoms with E-state index in [2.05, 4.69) is 25.8 Å². The third-order valence-electron chi connectivity index (χ3n) is 1.87. The molecule has 1 aromatic rings. The highest BCUT2D eigenvalue weighted by Crippen LogP contribution is 2.25. The van der Waals surface area contributed by atoms with E-state index in [1.807, 2.05) is 6.20 Å². The minimum Gasteiger partial charge on any atom is -0.330 e. The summed E-state index contributed by atoms with van der Waals surface area (Å²) in [5, 5.41) is 1.21. The van der Waals surface area contributed by atoms with Gasteiger partial charge in [0.25, 0.3) is 0 Å². The molecule has 0 aliphatic heterocycles. The Hall–Kier alpha value is -0.410. The van der Waals surface area contributed by atoms with Crippen molar-refractivity contribution < 1.29 is 0 Å². The van der Waals surface area contributed by atoms with E-state index < -0.39 is 0 Å². The summed E-state index contributed by atoms with van der Waals surface area (Å²) in [5.74, 6) is 0.990. The summed E-state index contributed by atoms with van der Waals surface area (Å²) in [6.07, 6.45) is 1.96. The first kappa shape index (κ1) is 9.68. The van der Waals surface area contributed by atoms with Crippen LogP contribution in [0.15, 0.2) is 6.20 Å². The summed E-state index contributed by atoms with van der Waals surface area (Å²) in [6, 6.07) is 0. The van der Waals surface area contributed by atoms with Crippen LogP contribution in [0.5, 0.6) is 0 Å². The minimum absolute atomic E-state index is 0.454. The number of nitrogens with zero attached hydrogens (tertiary/aromatic N) is 1. The Morgan fingerprint density at radius 2 is 2.17 bits per heavy atom. The summed E-state index contributed by atoms with van der Waals surface area (Å²) in [5.41, 5.74) is 5.57. The van der Waals surface area contributed by atoms with Crippen molar-refractivity contribution in [2.24, 2.45) is 5.73 Å². The molecule has 0 aliphatic carbocycles. The Morgan fingerprint density at radius 1 is 1.50 bits per heavy atom. The third-order valence-corrected chi connectivity index (χ3v) is 3.40. The van der Waals surface area contributed by atoms with Crippen molar-refractivity contribution in [2.45, 2.75) is 32.6 Å². The lowest BCUT2D eigenvalue weighted by atomic mass is 10.2. The van der Waals surface area contributed by atoms with E-state index in [-0.39, 0.29) is 0 Å². The zero-order valence-corrected chi connectivity index (χ0v) is 8.69. The van der Waals surface area contributed by atoms with E-state index in [0.717, 1.165) is 0 Å². The van der Waals surface area contributed by atoms with Crippen LogP contribution in [0.3, 0.4) is 0 Å². The molecule has 2 N–H and O–H groups in total. The van der Waals surface area contributed by atoms with Crippen LogP contribution < -0.4 is 5.73 Å². The Bertz CT molecular complexity index is 242. The number of aromatic nitrogens is 1. The molecule has 0 saturated heterocycles. The summed E-state index contributed by atoms with van der Waals surface area (Å²) in [7, 11) is 0. The average molecular weight is 184 g/mol. The molecule has 0 spiro atoms. The summed E-state index contributed by atoms with van der Waals surface area (Å²) in [4.78, 5) is 5.65. The highest BCUT2D eigenvalue weighted by molar-refractivity contribution is 7.11. The standard InChI is InChI=1S/C9H16N2S/c1-6(2)9-11-5-8(12-9)7(3)4-10/h5-7H,4,10H2,1-3H3.